The van der Waals surface area contributed by atoms with Gasteiger partial charge in [-0.25, -0.2) is 0 Å². The molecule has 1 fully saturated rings. The third-order valence-electron chi connectivity index (χ3n) is 0.447. The van der Waals surface area contributed by atoms with E-state index >= 15 is 0 Å². The van der Waals surface area contributed by atoms with Crippen molar-refractivity contribution in [1.82, 2.24) is 0 Å². The van der Waals surface area contributed by atoms with Crippen molar-refractivity contribution in [2.45, 2.75) is 11.5 Å². The summed E-state index contributed by atoms with van der Waals surface area (Å²) < 4.78 is 0. The highest BCUT2D eigenvalue weighted by Crippen LogP contribution is 2.14. The van der Waals surface area contributed by atoms with Gasteiger partial charge >= 0.3 is 0 Å². The molecule has 1 rings (SSSR count). The van der Waals surface area contributed by atoms with Gasteiger partial charge in [-0.15, -0.1) is 0 Å². The van der Waals surface area contributed by atoms with Gasteiger partial charge in [-0.3, -0.25) is 0 Å². The first-order valence-corrected chi connectivity index (χ1v) is 1.92. The molecule has 21 valence electrons. The number of hydrogen-bond donors (Lipinski definition) is 1. The fourth-order valence-electron chi connectivity index (χ4n) is 0.0609. The maximum absolute atomic E-state index is 4.02. The summed E-state index contributed by atoms with van der Waals surface area (Å²) in [4.78, 5) is 0. The van der Waals surface area contributed by atoms with Crippen LogP contribution in [0.3, 0.4) is 0 Å². The molecule has 1 atom stereocenters. The molecular weight excluding hydrogens is 66.9 g/mol. The Kier molecular flexibility index (Phi) is 0.449. The summed E-state index contributed by atoms with van der Waals surface area (Å²) in [7, 11) is 2.16. The van der Waals surface area contributed by atoms with Gasteiger partial charge in [0, 0.05) is 0 Å². The molecule has 1 aliphatic rings. The molecule has 0 aromatic rings. The molecule has 1 radical (unpaired) electrons. The van der Waals surface area contributed by atoms with Crippen LogP contribution in [0.2, 0.25) is 6.32 Å². The van der Waals surface area contributed by atoms with Crippen LogP contribution in [0.15, 0.2) is 0 Å². The first kappa shape index (κ1) is 2.64. The Bertz CT molecular complexity index is 25.2. The van der Waals surface area contributed by atoms with Gasteiger partial charge < -0.3 is 0 Å². The van der Waals surface area contributed by atoms with E-state index in [1.54, 1.807) is 0 Å². The standard InChI is InChI=1S/C2H4BS/c4-2-1-3-2/h2,4H,1H2. The molecule has 1 unspecified atom stereocenters. The molecule has 0 spiro atoms. The van der Waals surface area contributed by atoms with Crippen molar-refractivity contribution in [3.63, 3.8) is 0 Å². The van der Waals surface area contributed by atoms with Crippen molar-refractivity contribution in [3.05, 3.63) is 0 Å². The number of hydrogen-bond acceptors (Lipinski definition) is 1. The SMILES string of the molecule is SC1[B]C1. The predicted octanol–water partition coefficient (Wildman–Crippen LogP) is 0.378. The van der Waals surface area contributed by atoms with Crippen LogP contribution >= 0.6 is 12.6 Å². The van der Waals surface area contributed by atoms with Gasteiger partial charge in [-0.2, -0.15) is 12.6 Å². The third-order valence-corrected chi connectivity index (χ3v) is 0.868. The zero-order valence-electron chi connectivity index (χ0n) is 2.31. The van der Waals surface area contributed by atoms with Crippen molar-refractivity contribution in [1.29, 1.82) is 0 Å². The highest BCUT2D eigenvalue weighted by Gasteiger charge is 2.16. The second kappa shape index (κ2) is 0.679. The molecule has 0 aliphatic carbocycles. The van der Waals surface area contributed by atoms with Crippen molar-refractivity contribution in [3.8, 4) is 0 Å². The molecular formula is C2H4BS. The summed E-state index contributed by atoms with van der Waals surface area (Å²) in [5.41, 5.74) is 0. The topological polar surface area (TPSA) is 0 Å². The third kappa shape index (κ3) is 0.415. The molecule has 0 saturated carbocycles. The normalized spacial score (nSPS) is 37.8. The van der Waals surface area contributed by atoms with Crippen LogP contribution in [-0.2, 0) is 0 Å². The Morgan fingerprint density at radius 3 is 2.25 bits per heavy atom. The molecule has 0 aromatic carbocycles. The molecule has 4 heavy (non-hydrogen) atoms. The van der Waals surface area contributed by atoms with Gasteiger partial charge in [-0.1, -0.05) is 6.32 Å². The fraction of sp³-hybridized carbons (Fsp3) is 1.00. The summed E-state index contributed by atoms with van der Waals surface area (Å²) in [5, 5.41) is 0.653. The minimum atomic E-state index is 0.653. The first-order chi connectivity index (χ1) is 1.89. The maximum atomic E-state index is 4.02. The van der Waals surface area contributed by atoms with Crippen LogP contribution in [0, 0.1) is 0 Å². The minimum absolute atomic E-state index is 0.653. The summed E-state index contributed by atoms with van der Waals surface area (Å²) in [6.45, 7) is 0. The summed E-state index contributed by atoms with van der Waals surface area (Å²) >= 11 is 4.02. The summed E-state index contributed by atoms with van der Waals surface area (Å²) in [6.07, 6.45) is 1.23. The van der Waals surface area contributed by atoms with E-state index in [1.807, 2.05) is 0 Å². The fourth-order valence-corrected chi connectivity index (χ4v) is 0.183. The summed E-state index contributed by atoms with van der Waals surface area (Å²) in [6, 6.07) is 0. The van der Waals surface area contributed by atoms with Crippen LogP contribution in [0.4, 0.5) is 0 Å². The van der Waals surface area contributed by atoms with Crippen molar-refractivity contribution in [2.24, 2.45) is 0 Å². The second-order valence-electron chi connectivity index (χ2n) is 1.04. The van der Waals surface area contributed by atoms with Crippen molar-refractivity contribution >= 4 is 19.9 Å². The molecule has 0 aromatic heterocycles. The lowest BCUT2D eigenvalue weighted by atomic mass is 10.1. The molecule has 0 N–H and O–H groups in total. The van der Waals surface area contributed by atoms with Crippen LogP contribution in [0.25, 0.3) is 0 Å². The molecule has 0 bridgehead atoms. The van der Waals surface area contributed by atoms with Crippen molar-refractivity contribution in [2.75, 3.05) is 0 Å². The predicted molar refractivity (Wildman–Crippen MR) is 23.3 cm³/mol. The lowest BCUT2D eigenvalue weighted by Crippen LogP contribution is -1.54. The Morgan fingerprint density at radius 1 is 2.00 bits per heavy atom. The average molecular weight is 70.9 g/mol. The maximum Gasteiger partial charge on any atom is 0.126 e. The monoisotopic (exact) mass is 71.0 g/mol. The van der Waals surface area contributed by atoms with E-state index in [2.05, 4.69) is 19.9 Å². The van der Waals surface area contributed by atoms with E-state index in [0.29, 0.717) is 5.15 Å². The Labute approximate surface area is 32.2 Å². The zero-order chi connectivity index (χ0) is 2.99. The van der Waals surface area contributed by atoms with E-state index in [-0.39, 0.29) is 0 Å². The van der Waals surface area contributed by atoms with E-state index < -0.39 is 0 Å². The highest BCUT2D eigenvalue weighted by molar-refractivity contribution is 7.83. The van der Waals surface area contributed by atoms with Gasteiger partial charge in [0.2, 0.25) is 0 Å². The van der Waals surface area contributed by atoms with E-state index in [0.717, 1.165) is 0 Å². The Morgan fingerprint density at radius 2 is 2.25 bits per heavy atom. The van der Waals surface area contributed by atoms with Gasteiger partial charge in [0.15, 0.2) is 0 Å². The Hall–Kier alpha value is 0.415. The second-order valence-corrected chi connectivity index (χ2v) is 1.70. The molecule has 1 heterocycles. The molecule has 1 aliphatic heterocycles. The van der Waals surface area contributed by atoms with E-state index in [4.69, 9.17) is 0 Å². The van der Waals surface area contributed by atoms with Crippen LogP contribution < -0.4 is 0 Å². The molecule has 1 saturated heterocycles. The summed E-state index contributed by atoms with van der Waals surface area (Å²) in [5.74, 6) is 0. The minimum Gasteiger partial charge on any atom is -0.186 e. The Balaban J connectivity index is 2.17. The van der Waals surface area contributed by atoms with E-state index in [9.17, 15) is 0 Å². The first-order valence-electron chi connectivity index (χ1n) is 1.41. The quantitative estimate of drug-likeness (QED) is 0.309. The average Bonchev–Trinajstić information content (AvgIpc) is 1.75. The highest BCUT2D eigenvalue weighted by atomic mass is 32.1. The smallest absolute Gasteiger partial charge is 0.126 e. The van der Waals surface area contributed by atoms with Crippen LogP contribution in [0.5, 0.6) is 0 Å². The lowest BCUT2D eigenvalue weighted by molar-refractivity contribution is 1.63. The molecule has 0 amide bonds. The van der Waals surface area contributed by atoms with Crippen LogP contribution in [-0.4, -0.2) is 12.4 Å². The van der Waals surface area contributed by atoms with Gasteiger partial charge in [0.25, 0.3) is 0 Å². The van der Waals surface area contributed by atoms with E-state index in [1.165, 1.54) is 6.32 Å². The van der Waals surface area contributed by atoms with Gasteiger partial charge in [0.1, 0.15) is 7.28 Å². The van der Waals surface area contributed by atoms with Crippen molar-refractivity contribution < 1.29 is 0 Å². The molecule has 2 heteroatoms. The van der Waals surface area contributed by atoms with Crippen LogP contribution in [0.1, 0.15) is 0 Å². The zero-order valence-corrected chi connectivity index (χ0v) is 3.20. The number of rotatable bonds is 0. The van der Waals surface area contributed by atoms with Gasteiger partial charge in [-0.05, 0) is 5.15 Å². The lowest BCUT2D eigenvalue weighted by Gasteiger charge is -1.55. The molecule has 0 nitrogen and oxygen atoms in total. The largest absolute Gasteiger partial charge is 0.186 e. The van der Waals surface area contributed by atoms with Gasteiger partial charge in [0.05, 0.1) is 0 Å². The number of thiol groups is 1.